The number of carbonyl (C=O) groups is 4. The number of likely N-dealkylation sites (N-methyl/N-ethyl adjacent to an activating group) is 2. The van der Waals surface area contributed by atoms with Crippen molar-refractivity contribution >= 4 is 35.4 Å². The molecule has 0 aromatic heterocycles. The van der Waals surface area contributed by atoms with Crippen molar-refractivity contribution in [2.24, 2.45) is 17.8 Å². The zero-order valence-electron chi connectivity index (χ0n) is 34.8. The Morgan fingerprint density at radius 1 is 0.945 bits per heavy atom. The van der Waals surface area contributed by atoms with Gasteiger partial charge < -0.3 is 30.3 Å². The van der Waals surface area contributed by atoms with Crippen molar-refractivity contribution < 1.29 is 29.0 Å². The third kappa shape index (κ3) is 13.5. The number of thioether (sulfide) groups is 1. The van der Waals surface area contributed by atoms with Crippen molar-refractivity contribution in [3.8, 4) is 5.75 Å². The summed E-state index contributed by atoms with van der Waals surface area (Å²) in [6.45, 7) is 12.6. The Balaban J connectivity index is 1.69. The van der Waals surface area contributed by atoms with Gasteiger partial charge in [-0.2, -0.15) is 0 Å². The number of likely N-dealkylation sites (tertiary alicyclic amines) is 1. The van der Waals surface area contributed by atoms with Gasteiger partial charge in [0.25, 0.3) is 0 Å². The minimum Gasteiger partial charge on any atom is -0.508 e. The van der Waals surface area contributed by atoms with Crippen molar-refractivity contribution in [1.29, 1.82) is 0 Å². The van der Waals surface area contributed by atoms with Crippen LogP contribution in [0, 0.1) is 17.8 Å². The molecule has 0 bridgehead atoms. The molecule has 6 unspecified atom stereocenters. The Morgan fingerprint density at radius 3 is 2.16 bits per heavy atom. The van der Waals surface area contributed by atoms with Gasteiger partial charge in [0.2, 0.25) is 23.6 Å². The van der Waals surface area contributed by atoms with E-state index in [0.29, 0.717) is 19.4 Å². The van der Waals surface area contributed by atoms with Crippen molar-refractivity contribution in [2.45, 2.75) is 127 Å². The average molecular weight is 782 g/mol. The molecule has 4 amide bonds. The lowest BCUT2D eigenvalue weighted by Crippen LogP contribution is -2.59. The Hall–Kier alpha value is -3.61. The van der Waals surface area contributed by atoms with Gasteiger partial charge in [-0.3, -0.25) is 24.1 Å². The first-order chi connectivity index (χ1) is 26.1. The van der Waals surface area contributed by atoms with E-state index >= 15 is 0 Å². The number of hydrogen-bond donors (Lipinski definition) is 3. The normalized spacial score (nSPS) is 17.8. The van der Waals surface area contributed by atoms with Crippen LogP contribution in [-0.4, -0.2) is 114 Å². The molecule has 2 aromatic rings. The maximum absolute atomic E-state index is 14.2. The summed E-state index contributed by atoms with van der Waals surface area (Å²) in [4.78, 5) is 61.5. The second kappa shape index (κ2) is 22.2. The fraction of sp³-hybridized carbons (Fsp3) is 0.628. The predicted octanol–water partition coefficient (Wildman–Crippen LogP) is 5.95. The van der Waals surface area contributed by atoms with Crippen LogP contribution in [0.1, 0.15) is 85.6 Å². The molecule has 1 aliphatic heterocycles. The minimum atomic E-state index is -0.737. The van der Waals surface area contributed by atoms with Crippen molar-refractivity contribution in [2.75, 3.05) is 34.8 Å². The number of nitrogens with one attached hydrogen (secondary N) is 2. The van der Waals surface area contributed by atoms with E-state index in [2.05, 4.69) is 24.5 Å². The van der Waals surface area contributed by atoms with Crippen LogP contribution in [0.15, 0.2) is 59.5 Å². The molecule has 3 N–H and O–H groups in total. The molecule has 2 aromatic carbocycles. The van der Waals surface area contributed by atoms with E-state index in [1.165, 1.54) is 0 Å². The predicted molar refractivity (Wildman–Crippen MR) is 221 cm³/mol. The molecule has 0 aliphatic carbocycles. The highest BCUT2D eigenvalue weighted by atomic mass is 32.2. The Labute approximate surface area is 334 Å². The van der Waals surface area contributed by atoms with E-state index in [0.717, 1.165) is 29.7 Å². The Bertz CT molecular complexity index is 1500. The van der Waals surface area contributed by atoms with Crippen LogP contribution < -0.4 is 10.6 Å². The molecular weight excluding hydrogens is 715 g/mol. The smallest absolute Gasteiger partial charge is 0.245 e. The lowest BCUT2D eigenvalue weighted by atomic mass is 9.89. The summed E-state index contributed by atoms with van der Waals surface area (Å²) in [5.41, 5.74) is 1.11. The number of ether oxygens (including phenoxy) is 1. The molecule has 1 saturated heterocycles. The molecule has 0 spiro atoms. The van der Waals surface area contributed by atoms with Gasteiger partial charge in [0.05, 0.1) is 30.0 Å². The summed E-state index contributed by atoms with van der Waals surface area (Å²) in [7, 11) is 7.08. The summed E-state index contributed by atoms with van der Waals surface area (Å²) < 4.78 is 6.03. The van der Waals surface area contributed by atoms with E-state index in [4.69, 9.17) is 4.74 Å². The first kappa shape index (κ1) is 45.8. The third-order valence-electron chi connectivity index (χ3n) is 10.9. The molecule has 306 valence electrons. The van der Waals surface area contributed by atoms with Crippen LogP contribution in [0.5, 0.6) is 5.75 Å². The number of amides is 4. The lowest BCUT2D eigenvalue weighted by molar-refractivity contribution is -0.146. The fourth-order valence-electron chi connectivity index (χ4n) is 7.78. The second-order valence-electron chi connectivity index (χ2n) is 16.0. The number of rotatable bonds is 21. The number of aromatic hydroxyl groups is 1. The second-order valence-corrected chi connectivity index (χ2v) is 17.2. The van der Waals surface area contributed by atoms with Crippen LogP contribution in [0.4, 0.5) is 0 Å². The highest BCUT2D eigenvalue weighted by Gasteiger charge is 2.40. The van der Waals surface area contributed by atoms with E-state index in [9.17, 15) is 24.3 Å². The molecular formula is C43H67N5O6S. The van der Waals surface area contributed by atoms with E-state index in [-0.39, 0.29) is 77.4 Å². The van der Waals surface area contributed by atoms with Crippen LogP contribution in [-0.2, 0) is 30.3 Å². The van der Waals surface area contributed by atoms with Gasteiger partial charge in [-0.05, 0) is 80.9 Å². The molecule has 12 heteroatoms. The molecule has 7 atom stereocenters. The van der Waals surface area contributed by atoms with Crippen molar-refractivity contribution in [3.63, 3.8) is 0 Å². The van der Waals surface area contributed by atoms with E-state index in [1.54, 1.807) is 43.0 Å². The maximum atomic E-state index is 14.2. The van der Waals surface area contributed by atoms with Gasteiger partial charge in [-0.15, -0.1) is 11.8 Å². The van der Waals surface area contributed by atoms with Gasteiger partial charge in [0.1, 0.15) is 11.8 Å². The topological polar surface area (TPSA) is 132 Å². The largest absolute Gasteiger partial charge is 0.508 e. The molecule has 11 nitrogen and oxygen atoms in total. The molecule has 1 fully saturated rings. The van der Waals surface area contributed by atoms with Crippen LogP contribution in [0.2, 0.25) is 0 Å². The number of nitrogens with zero attached hydrogens (tertiary/aromatic N) is 3. The van der Waals surface area contributed by atoms with Crippen LogP contribution >= 0.6 is 11.8 Å². The number of hydrogen-bond acceptors (Lipinski definition) is 8. The molecule has 55 heavy (non-hydrogen) atoms. The van der Waals surface area contributed by atoms with Gasteiger partial charge in [-0.25, -0.2) is 0 Å². The minimum absolute atomic E-state index is 0.0155. The highest BCUT2D eigenvalue weighted by molar-refractivity contribution is 8.00. The number of benzene rings is 2. The summed E-state index contributed by atoms with van der Waals surface area (Å²) >= 11 is 1.54. The van der Waals surface area contributed by atoms with Crippen molar-refractivity contribution in [3.05, 3.63) is 60.2 Å². The summed E-state index contributed by atoms with van der Waals surface area (Å²) in [5.74, 6) is -0.401. The standard InChI is InChI=1S/C43H67N5O6S/c1-11-30(6)41(47(9)43(53)39(28(2)3)45-42(52)40(29(4)5)46(7)8)35(54-10)27-38(51)48-25-15-18-32(48)19-24-36(50)44-37(26-31-16-13-12-14-17-31)55-34-22-20-33(49)21-23-34/h12-14,16-17,20-23,28-30,32,35,37,39-41,49H,11,15,18-19,24-27H2,1-10H3,(H,44,50)(H,45,52)/t30?,32?,35?,37-,39?,40?,41?/m1/s1. The summed E-state index contributed by atoms with van der Waals surface area (Å²) in [6.07, 6.45) is 3.44. The molecule has 0 radical (unpaired) electrons. The fourth-order valence-corrected chi connectivity index (χ4v) is 8.86. The first-order valence-corrected chi connectivity index (χ1v) is 20.8. The number of phenols is 1. The first-order valence-electron chi connectivity index (χ1n) is 19.9. The molecule has 1 aliphatic rings. The molecule has 0 saturated carbocycles. The zero-order chi connectivity index (χ0) is 40.8. The molecule has 1 heterocycles. The number of methoxy groups -OCH3 is 1. The van der Waals surface area contributed by atoms with Gasteiger partial charge in [0, 0.05) is 44.5 Å². The quantitative estimate of drug-likeness (QED) is 0.105. The van der Waals surface area contributed by atoms with Crippen LogP contribution in [0.3, 0.4) is 0 Å². The van der Waals surface area contributed by atoms with Gasteiger partial charge in [0.15, 0.2) is 0 Å². The summed E-state index contributed by atoms with van der Waals surface area (Å²) in [6, 6.07) is 15.4. The van der Waals surface area contributed by atoms with Gasteiger partial charge >= 0.3 is 0 Å². The number of carbonyl (C=O) groups excluding carboxylic acids is 4. The number of phenolic OH excluding ortho intramolecular Hbond substituents is 1. The van der Waals surface area contributed by atoms with E-state index in [1.807, 2.05) is 94.1 Å². The average Bonchev–Trinajstić information content (AvgIpc) is 3.62. The summed E-state index contributed by atoms with van der Waals surface area (Å²) in [5, 5.41) is 15.8. The monoisotopic (exact) mass is 781 g/mol. The van der Waals surface area contributed by atoms with E-state index < -0.39 is 18.2 Å². The van der Waals surface area contributed by atoms with Crippen LogP contribution in [0.25, 0.3) is 0 Å². The van der Waals surface area contributed by atoms with Gasteiger partial charge in [-0.1, -0.05) is 78.3 Å². The zero-order valence-corrected chi connectivity index (χ0v) is 35.6. The maximum Gasteiger partial charge on any atom is 0.245 e. The lowest BCUT2D eigenvalue weighted by Gasteiger charge is -2.40. The molecule has 3 rings (SSSR count). The van der Waals surface area contributed by atoms with Crippen molar-refractivity contribution in [1.82, 2.24) is 25.3 Å². The Kier molecular flexibility index (Phi) is 18.5. The SMILES string of the molecule is CCC(C)C(C(CC(=O)N1CCCC1CCC(=O)N[C@@H](Cc1ccccc1)Sc1ccc(O)cc1)OC)N(C)C(=O)C(NC(=O)C(C(C)C)N(C)C)C(C)C. The third-order valence-corrected chi connectivity index (χ3v) is 12.0. The highest BCUT2D eigenvalue weighted by Crippen LogP contribution is 2.29. The Morgan fingerprint density at radius 2 is 1.60 bits per heavy atom.